The molecule has 0 bridgehead atoms. The minimum Gasteiger partial charge on any atom is -0.329 e. The van der Waals surface area contributed by atoms with Crippen LogP contribution in [0.25, 0.3) is 0 Å². The fourth-order valence-corrected chi connectivity index (χ4v) is 1.60. The average Bonchev–Trinajstić information content (AvgIpc) is 2.43. The Balaban J connectivity index is 2.41. The fourth-order valence-electron chi connectivity index (χ4n) is 1.16. The fraction of sp³-hybridized carbons (Fsp3) is 0.750. The van der Waals surface area contributed by atoms with Crippen molar-refractivity contribution in [3.8, 4) is 0 Å². The van der Waals surface area contributed by atoms with Crippen molar-refractivity contribution in [1.29, 1.82) is 0 Å². The lowest BCUT2D eigenvalue weighted by molar-refractivity contribution is -0.125. The quantitative estimate of drug-likeness (QED) is 0.658. The van der Waals surface area contributed by atoms with Crippen LogP contribution in [-0.4, -0.2) is 45.6 Å². The highest BCUT2D eigenvalue weighted by molar-refractivity contribution is 7.84. The van der Waals surface area contributed by atoms with Crippen molar-refractivity contribution in [2.45, 2.75) is 18.6 Å². The molecular formula is C8H14N2O3S. The normalized spacial score (nSPS) is 20.9. The monoisotopic (exact) mass is 218 g/mol. The second-order valence-corrected chi connectivity index (χ2v) is 5.10. The van der Waals surface area contributed by atoms with Crippen molar-refractivity contribution in [3.63, 3.8) is 0 Å². The molecule has 80 valence electrons. The van der Waals surface area contributed by atoms with E-state index in [0.717, 1.165) is 0 Å². The minimum atomic E-state index is -0.902. The predicted octanol–water partition coefficient (Wildman–Crippen LogP) is -0.305. The molecule has 5 nitrogen and oxygen atoms in total. The second-order valence-electron chi connectivity index (χ2n) is 3.30. The molecule has 1 rings (SSSR count). The first-order valence-corrected chi connectivity index (χ1v) is 6.05. The van der Waals surface area contributed by atoms with E-state index in [-0.39, 0.29) is 23.7 Å². The number of rotatable bonds is 4. The second kappa shape index (κ2) is 4.54. The highest BCUT2D eigenvalue weighted by atomic mass is 32.2. The largest absolute Gasteiger partial charge is 0.329 e. The van der Waals surface area contributed by atoms with E-state index in [1.807, 2.05) is 6.92 Å². The molecule has 14 heavy (non-hydrogen) atoms. The first kappa shape index (κ1) is 11.2. The molecule has 0 aromatic rings. The van der Waals surface area contributed by atoms with Gasteiger partial charge in [0, 0.05) is 28.9 Å². The van der Waals surface area contributed by atoms with Gasteiger partial charge < -0.3 is 5.32 Å². The standard InChI is InChI=1S/C8H14N2O3S/c1-6(14(2)13)3-4-10-7(11)5-9-8(10)12/h6H,3-5H2,1-2H3,(H,9,12). The Labute approximate surface area is 85.3 Å². The summed E-state index contributed by atoms with van der Waals surface area (Å²) >= 11 is 0. The van der Waals surface area contributed by atoms with E-state index in [4.69, 9.17) is 0 Å². The topological polar surface area (TPSA) is 66.5 Å². The number of carbonyl (C=O) groups is 2. The first-order chi connectivity index (χ1) is 6.52. The molecule has 2 atom stereocenters. The van der Waals surface area contributed by atoms with Gasteiger partial charge in [0.15, 0.2) is 0 Å². The zero-order chi connectivity index (χ0) is 10.7. The lowest BCUT2D eigenvalue weighted by Gasteiger charge is -2.14. The Morgan fingerprint density at radius 1 is 1.57 bits per heavy atom. The molecule has 0 saturated carbocycles. The van der Waals surface area contributed by atoms with Gasteiger partial charge in [0.25, 0.3) is 0 Å². The summed E-state index contributed by atoms with van der Waals surface area (Å²) in [5.41, 5.74) is 0. The average molecular weight is 218 g/mol. The Morgan fingerprint density at radius 3 is 2.64 bits per heavy atom. The lowest BCUT2D eigenvalue weighted by Crippen LogP contribution is -2.33. The summed E-state index contributed by atoms with van der Waals surface area (Å²) in [6.07, 6.45) is 2.21. The number of nitrogens with one attached hydrogen (secondary N) is 1. The Morgan fingerprint density at radius 2 is 2.21 bits per heavy atom. The van der Waals surface area contributed by atoms with Gasteiger partial charge in [0.1, 0.15) is 0 Å². The number of carbonyl (C=O) groups excluding carboxylic acids is 2. The molecule has 1 aliphatic heterocycles. The van der Waals surface area contributed by atoms with E-state index in [1.54, 1.807) is 6.26 Å². The van der Waals surface area contributed by atoms with Crippen LogP contribution in [0.15, 0.2) is 0 Å². The van der Waals surface area contributed by atoms with Gasteiger partial charge in [-0.2, -0.15) is 0 Å². The predicted molar refractivity (Wildman–Crippen MR) is 53.3 cm³/mol. The van der Waals surface area contributed by atoms with Crippen LogP contribution in [0, 0.1) is 0 Å². The third-order valence-corrected chi connectivity index (χ3v) is 3.63. The van der Waals surface area contributed by atoms with Crippen LogP contribution in [0.2, 0.25) is 0 Å². The highest BCUT2D eigenvalue weighted by Gasteiger charge is 2.28. The van der Waals surface area contributed by atoms with Gasteiger partial charge in [0.2, 0.25) is 5.91 Å². The van der Waals surface area contributed by atoms with Gasteiger partial charge in [0.05, 0.1) is 6.54 Å². The molecule has 0 aromatic heterocycles. The molecule has 0 aliphatic carbocycles. The third kappa shape index (κ3) is 2.54. The number of imide groups is 1. The minimum absolute atomic E-state index is 0.0104. The van der Waals surface area contributed by atoms with Crippen molar-refractivity contribution in [3.05, 3.63) is 0 Å². The van der Waals surface area contributed by atoms with E-state index in [1.165, 1.54) is 4.90 Å². The van der Waals surface area contributed by atoms with Crippen LogP contribution in [0.1, 0.15) is 13.3 Å². The van der Waals surface area contributed by atoms with Gasteiger partial charge >= 0.3 is 6.03 Å². The molecule has 1 aliphatic rings. The summed E-state index contributed by atoms with van der Waals surface area (Å²) in [5, 5.41) is 2.44. The lowest BCUT2D eigenvalue weighted by atomic mass is 10.3. The van der Waals surface area contributed by atoms with E-state index < -0.39 is 10.8 Å². The van der Waals surface area contributed by atoms with Crippen molar-refractivity contribution < 1.29 is 13.8 Å². The molecule has 1 N–H and O–H groups in total. The van der Waals surface area contributed by atoms with Crippen molar-refractivity contribution in [2.24, 2.45) is 0 Å². The number of nitrogens with zero attached hydrogens (tertiary/aromatic N) is 1. The maximum atomic E-state index is 11.1. The molecule has 0 aromatic carbocycles. The van der Waals surface area contributed by atoms with Crippen LogP contribution in [0.4, 0.5) is 4.79 Å². The van der Waals surface area contributed by atoms with Crippen LogP contribution < -0.4 is 5.32 Å². The highest BCUT2D eigenvalue weighted by Crippen LogP contribution is 2.05. The van der Waals surface area contributed by atoms with Gasteiger partial charge in [-0.3, -0.25) is 13.9 Å². The van der Waals surface area contributed by atoms with Gasteiger partial charge in [-0.15, -0.1) is 0 Å². The van der Waals surface area contributed by atoms with Gasteiger partial charge in [-0.25, -0.2) is 4.79 Å². The molecule has 3 amide bonds. The van der Waals surface area contributed by atoms with Crippen LogP contribution in [0.5, 0.6) is 0 Å². The molecule has 1 saturated heterocycles. The molecule has 1 heterocycles. The SMILES string of the molecule is CC(CCN1C(=O)CNC1=O)S(C)=O. The zero-order valence-electron chi connectivity index (χ0n) is 8.28. The summed E-state index contributed by atoms with van der Waals surface area (Å²) in [6.45, 7) is 2.28. The third-order valence-electron chi connectivity index (χ3n) is 2.26. The van der Waals surface area contributed by atoms with Crippen LogP contribution in [-0.2, 0) is 15.6 Å². The van der Waals surface area contributed by atoms with Crippen LogP contribution in [0.3, 0.4) is 0 Å². The molecule has 0 radical (unpaired) electrons. The molecular weight excluding hydrogens is 204 g/mol. The molecule has 2 unspecified atom stereocenters. The van der Waals surface area contributed by atoms with E-state index >= 15 is 0 Å². The van der Waals surface area contributed by atoms with E-state index in [9.17, 15) is 13.8 Å². The number of urea groups is 1. The van der Waals surface area contributed by atoms with E-state index in [2.05, 4.69) is 5.32 Å². The van der Waals surface area contributed by atoms with Crippen molar-refractivity contribution >= 4 is 22.7 Å². The zero-order valence-corrected chi connectivity index (χ0v) is 9.10. The summed E-state index contributed by atoms with van der Waals surface area (Å²) < 4.78 is 11.0. The number of hydrogen-bond acceptors (Lipinski definition) is 3. The molecule has 0 spiro atoms. The summed E-state index contributed by atoms with van der Waals surface area (Å²) in [5.74, 6) is -0.205. The van der Waals surface area contributed by atoms with Crippen molar-refractivity contribution in [1.82, 2.24) is 10.2 Å². The van der Waals surface area contributed by atoms with Gasteiger partial charge in [-0.1, -0.05) is 6.92 Å². The van der Waals surface area contributed by atoms with Crippen LogP contribution >= 0.6 is 0 Å². The smallest absolute Gasteiger partial charge is 0.324 e. The first-order valence-electron chi connectivity index (χ1n) is 4.43. The number of amides is 3. The molecule has 6 heteroatoms. The van der Waals surface area contributed by atoms with Gasteiger partial charge in [-0.05, 0) is 6.42 Å². The molecule has 1 fully saturated rings. The summed E-state index contributed by atoms with van der Waals surface area (Å²) in [6, 6.07) is -0.343. The number of hydrogen-bond donors (Lipinski definition) is 1. The maximum Gasteiger partial charge on any atom is 0.324 e. The summed E-state index contributed by atoms with van der Waals surface area (Å²) in [4.78, 5) is 23.4. The van der Waals surface area contributed by atoms with Crippen molar-refractivity contribution in [2.75, 3.05) is 19.3 Å². The summed E-state index contributed by atoms with van der Waals surface area (Å²) in [7, 11) is -0.902. The Hall–Kier alpha value is -0.910. The maximum absolute atomic E-state index is 11.1. The Bertz CT molecular complexity index is 264. The Kier molecular flexibility index (Phi) is 3.62. The van der Waals surface area contributed by atoms with E-state index in [0.29, 0.717) is 13.0 Å².